The van der Waals surface area contributed by atoms with Crippen molar-refractivity contribution >= 4 is 40.1 Å². The molecule has 94 valence electrons. The summed E-state index contributed by atoms with van der Waals surface area (Å²) in [5, 5.41) is 9.71. The van der Waals surface area contributed by atoms with Gasteiger partial charge in [-0.3, -0.25) is 4.79 Å². The van der Waals surface area contributed by atoms with Gasteiger partial charge in [-0.05, 0) is 47.2 Å². The molecule has 1 aromatic carbocycles. The smallest absolute Gasteiger partial charge is 0.257 e. The second-order valence-corrected chi connectivity index (χ2v) is 5.27. The predicted molar refractivity (Wildman–Crippen MR) is 77.7 cm³/mol. The molecule has 0 fully saturated rings. The van der Waals surface area contributed by atoms with E-state index in [4.69, 9.17) is 11.6 Å². The van der Waals surface area contributed by atoms with E-state index in [0.717, 1.165) is 9.99 Å². The van der Waals surface area contributed by atoms with Crippen LogP contribution in [0.4, 0.5) is 0 Å². The molecule has 0 aliphatic rings. The van der Waals surface area contributed by atoms with Crippen LogP contribution in [0.25, 0.3) is 0 Å². The number of halogens is 2. The zero-order valence-corrected chi connectivity index (χ0v) is 12.5. The lowest BCUT2D eigenvalue weighted by atomic mass is 10.1. The predicted octanol–water partition coefficient (Wildman–Crippen LogP) is 3.09. The van der Waals surface area contributed by atoms with E-state index in [0.29, 0.717) is 24.5 Å². The van der Waals surface area contributed by atoms with Gasteiger partial charge in [0.05, 0.1) is 5.56 Å². The van der Waals surface area contributed by atoms with Crippen molar-refractivity contribution < 1.29 is 9.90 Å². The first-order valence-electron chi connectivity index (χ1n) is 5.44. The van der Waals surface area contributed by atoms with Crippen molar-refractivity contribution in [3.05, 3.63) is 27.3 Å². The minimum Gasteiger partial charge on any atom is -0.507 e. The zero-order chi connectivity index (χ0) is 12.8. The van der Waals surface area contributed by atoms with Crippen LogP contribution in [-0.2, 0) is 0 Å². The van der Waals surface area contributed by atoms with Crippen molar-refractivity contribution in [1.29, 1.82) is 0 Å². The fraction of sp³-hybridized carbons (Fsp3) is 0.417. The quantitative estimate of drug-likeness (QED) is 0.642. The normalized spacial score (nSPS) is 10.3. The van der Waals surface area contributed by atoms with E-state index in [1.54, 1.807) is 23.1 Å². The van der Waals surface area contributed by atoms with E-state index in [9.17, 15) is 9.90 Å². The fourth-order valence-corrected chi connectivity index (χ4v) is 2.23. The Morgan fingerprint density at radius 3 is 2.76 bits per heavy atom. The second-order valence-electron chi connectivity index (χ2n) is 3.64. The molecule has 0 aliphatic heterocycles. The highest BCUT2D eigenvalue weighted by atomic mass is 127. The summed E-state index contributed by atoms with van der Waals surface area (Å²) >= 11 is 7.79. The van der Waals surface area contributed by atoms with Crippen LogP contribution >= 0.6 is 34.2 Å². The number of amides is 1. The minimum atomic E-state index is -0.163. The van der Waals surface area contributed by atoms with Gasteiger partial charge in [-0.2, -0.15) is 0 Å². The van der Waals surface area contributed by atoms with Crippen molar-refractivity contribution in [2.75, 3.05) is 19.0 Å². The first-order chi connectivity index (χ1) is 8.10. The van der Waals surface area contributed by atoms with Crippen LogP contribution in [0.1, 0.15) is 23.7 Å². The van der Waals surface area contributed by atoms with E-state index < -0.39 is 0 Å². The Bertz CT molecular complexity index is 392. The number of hydrogen-bond donors (Lipinski definition) is 1. The lowest BCUT2D eigenvalue weighted by molar-refractivity contribution is 0.0762. The molecular weight excluding hydrogens is 352 g/mol. The maximum absolute atomic E-state index is 12.2. The number of nitrogens with zero attached hydrogens (tertiary/aromatic N) is 1. The van der Waals surface area contributed by atoms with Crippen LogP contribution in [0.3, 0.4) is 0 Å². The molecule has 0 spiro atoms. The zero-order valence-electron chi connectivity index (χ0n) is 9.62. The molecule has 0 saturated carbocycles. The number of phenols is 1. The highest BCUT2D eigenvalue weighted by molar-refractivity contribution is 14.1. The molecule has 0 atom stereocenters. The van der Waals surface area contributed by atoms with Gasteiger partial charge in [-0.25, -0.2) is 0 Å². The van der Waals surface area contributed by atoms with Gasteiger partial charge in [0, 0.05) is 22.5 Å². The fourth-order valence-electron chi connectivity index (χ4n) is 1.54. The third-order valence-corrected chi connectivity index (χ3v) is 3.16. The molecule has 0 unspecified atom stereocenters. The van der Waals surface area contributed by atoms with Gasteiger partial charge in [0.15, 0.2) is 0 Å². The number of alkyl halides is 1. The SMILES string of the molecule is CCCN(CCCl)C(=O)c1cc(I)ccc1O. The van der Waals surface area contributed by atoms with Crippen molar-refractivity contribution in [3.8, 4) is 5.75 Å². The molecule has 0 heterocycles. The summed E-state index contributed by atoms with van der Waals surface area (Å²) in [6.07, 6.45) is 0.868. The molecule has 5 heteroatoms. The van der Waals surface area contributed by atoms with Crippen LogP contribution < -0.4 is 0 Å². The van der Waals surface area contributed by atoms with E-state index in [-0.39, 0.29) is 11.7 Å². The van der Waals surface area contributed by atoms with E-state index in [1.165, 1.54) is 0 Å². The Hall–Kier alpha value is -0.490. The van der Waals surface area contributed by atoms with Crippen molar-refractivity contribution in [2.45, 2.75) is 13.3 Å². The van der Waals surface area contributed by atoms with Crippen molar-refractivity contribution in [2.24, 2.45) is 0 Å². The van der Waals surface area contributed by atoms with Gasteiger partial charge in [-0.15, -0.1) is 11.6 Å². The lowest BCUT2D eigenvalue weighted by Crippen LogP contribution is -2.33. The van der Waals surface area contributed by atoms with Crippen LogP contribution in [0.2, 0.25) is 0 Å². The summed E-state index contributed by atoms with van der Waals surface area (Å²) in [5.74, 6) is 0.255. The van der Waals surface area contributed by atoms with Gasteiger partial charge < -0.3 is 10.0 Å². The first-order valence-corrected chi connectivity index (χ1v) is 7.05. The van der Waals surface area contributed by atoms with Crippen LogP contribution in [0.15, 0.2) is 18.2 Å². The van der Waals surface area contributed by atoms with E-state index >= 15 is 0 Å². The monoisotopic (exact) mass is 367 g/mol. The molecule has 1 N–H and O–H groups in total. The van der Waals surface area contributed by atoms with E-state index in [2.05, 4.69) is 22.6 Å². The number of carbonyl (C=O) groups excluding carboxylic acids is 1. The van der Waals surface area contributed by atoms with Crippen LogP contribution in [0, 0.1) is 3.57 Å². The number of aromatic hydroxyl groups is 1. The largest absolute Gasteiger partial charge is 0.507 e. The third-order valence-electron chi connectivity index (χ3n) is 2.32. The Balaban J connectivity index is 2.95. The summed E-state index contributed by atoms with van der Waals surface area (Å²) < 4.78 is 0.922. The second kappa shape index (κ2) is 7.06. The summed E-state index contributed by atoms with van der Waals surface area (Å²) in [5.41, 5.74) is 0.343. The topological polar surface area (TPSA) is 40.5 Å². The molecule has 0 radical (unpaired) electrons. The lowest BCUT2D eigenvalue weighted by Gasteiger charge is -2.21. The van der Waals surface area contributed by atoms with Crippen LogP contribution in [0.5, 0.6) is 5.75 Å². The number of rotatable bonds is 5. The average molecular weight is 368 g/mol. The Morgan fingerprint density at radius 1 is 1.47 bits per heavy atom. The molecule has 0 aliphatic carbocycles. The van der Waals surface area contributed by atoms with E-state index in [1.807, 2.05) is 6.92 Å². The maximum atomic E-state index is 12.2. The molecule has 1 rings (SSSR count). The molecule has 1 aromatic rings. The molecule has 0 aromatic heterocycles. The van der Waals surface area contributed by atoms with Gasteiger partial charge in [0.25, 0.3) is 5.91 Å². The number of carbonyl (C=O) groups is 1. The standard InChI is InChI=1S/C12H15ClINO2/c1-2-6-15(7-5-13)12(17)10-8-9(14)3-4-11(10)16/h3-4,8,16H,2,5-7H2,1H3. The van der Waals surface area contributed by atoms with Crippen molar-refractivity contribution in [1.82, 2.24) is 4.90 Å². The van der Waals surface area contributed by atoms with Gasteiger partial charge in [0.1, 0.15) is 5.75 Å². The number of phenolic OH excluding ortho intramolecular Hbond substituents is 1. The Kier molecular flexibility index (Phi) is 6.05. The Morgan fingerprint density at radius 2 is 2.18 bits per heavy atom. The molecule has 0 saturated heterocycles. The maximum Gasteiger partial charge on any atom is 0.257 e. The summed E-state index contributed by atoms with van der Waals surface area (Å²) in [7, 11) is 0. The van der Waals surface area contributed by atoms with Gasteiger partial charge in [0.2, 0.25) is 0 Å². The van der Waals surface area contributed by atoms with Crippen molar-refractivity contribution in [3.63, 3.8) is 0 Å². The Labute approximate surface area is 120 Å². The highest BCUT2D eigenvalue weighted by Gasteiger charge is 2.18. The summed E-state index contributed by atoms with van der Waals surface area (Å²) in [6, 6.07) is 4.99. The average Bonchev–Trinajstić information content (AvgIpc) is 2.31. The molecular formula is C12H15ClINO2. The van der Waals surface area contributed by atoms with Crippen LogP contribution in [-0.4, -0.2) is 34.9 Å². The molecule has 1 amide bonds. The third kappa shape index (κ3) is 4.03. The minimum absolute atomic E-state index is 0.0195. The number of benzene rings is 1. The molecule has 0 bridgehead atoms. The number of hydrogen-bond acceptors (Lipinski definition) is 2. The summed E-state index contributed by atoms with van der Waals surface area (Å²) in [4.78, 5) is 13.9. The molecule has 17 heavy (non-hydrogen) atoms. The van der Waals surface area contributed by atoms with Gasteiger partial charge >= 0.3 is 0 Å². The van der Waals surface area contributed by atoms with Gasteiger partial charge in [-0.1, -0.05) is 6.92 Å². The summed E-state index contributed by atoms with van der Waals surface area (Å²) in [6.45, 7) is 3.15. The molecule has 3 nitrogen and oxygen atoms in total. The highest BCUT2D eigenvalue weighted by Crippen LogP contribution is 2.21. The first kappa shape index (κ1) is 14.6.